The van der Waals surface area contributed by atoms with E-state index in [1.54, 1.807) is 7.11 Å². The third-order valence-electron chi connectivity index (χ3n) is 3.33. The summed E-state index contributed by atoms with van der Waals surface area (Å²) in [5, 5.41) is 6.88. The van der Waals surface area contributed by atoms with Gasteiger partial charge in [0.05, 0.1) is 6.61 Å². The number of methoxy groups -OCH3 is 1. The minimum Gasteiger partial charge on any atom is -0.384 e. The molecule has 1 aromatic carbocycles. The van der Waals surface area contributed by atoms with Crippen molar-refractivity contribution in [1.82, 2.24) is 9.36 Å². The van der Waals surface area contributed by atoms with E-state index in [4.69, 9.17) is 4.74 Å². The molecule has 0 radical (unpaired) electrons. The van der Waals surface area contributed by atoms with E-state index in [-0.39, 0.29) is 11.8 Å². The van der Waals surface area contributed by atoms with Crippen LogP contribution in [0, 0.1) is 5.92 Å². The summed E-state index contributed by atoms with van der Waals surface area (Å²) in [6.45, 7) is 0.610. The molecule has 1 heterocycles. The highest BCUT2D eigenvalue weighted by molar-refractivity contribution is 7.09. The Hall–Kier alpha value is -1.99. The van der Waals surface area contributed by atoms with Crippen LogP contribution in [0.4, 0.5) is 16.5 Å². The molecule has 0 atom stereocenters. The van der Waals surface area contributed by atoms with E-state index >= 15 is 0 Å². The molecule has 0 spiro atoms. The first-order valence-electron chi connectivity index (χ1n) is 7.24. The van der Waals surface area contributed by atoms with Crippen LogP contribution in [0.2, 0.25) is 0 Å². The number of ether oxygens (including phenoxy) is 1. The smallest absolute Gasteiger partial charge is 0.227 e. The molecule has 3 rings (SSSR count). The molecule has 116 valence electrons. The molecule has 1 fully saturated rings. The van der Waals surface area contributed by atoms with Crippen LogP contribution in [0.1, 0.15) is 18.7 Å². The average Bonchev–Trinajstić information content (AvgIpc) is 3.27. The van der Waals surface area contributed by atoms with Gasteiger partial charge in [0.25, 0.3) is 0 Å². The fourth-order valence-electron chi connectivity index (χ4n) is 1.99. The molecule has 6 nitrogen and oxygen atoms in total. The van der Waals surface area contributed by atoms with Crippen molar-refractivity contribution in [2.24, 2.45) is 5.92 Å². The lowest BCUT2D eigenvalue weighted by Crippen LogP contribution is -2.13. The first-order valence-corrected chi connectivity index (χ1v) is 8.01. The zero-order valence-electron chi connectivity index (χ0n) is 12.3. The van der Waals surface area contributed by atoms with Gasteiger partial charge in [-0.1, -0.05) is 6.07 Å². The molecule has 1 amide bonds. The van der Waals surface area contributed by atoms with E-state index in [2.05, 4.69) is 20.0 Å². The quantitative estimate of drug-likeness (QED) is 0.821. The number of carbonyl (C=O) groups is 1. The predicted octanol–water partition coefficient (Wildman–Crippen LogP) is 2.82. The summed E-state index contributed by atoms with van der Waals surface area (Å²) in [5.41, 5.74) is 1.68. The SMILES string of the molecule is COCCc1nsc(Nc2cccc(NC(=O)C3CC3)c2)n1. The largest absolute Gasteiger partial charge is 0.384 e. The van der Waals surface area contributed by atoms with Gasteiger partial charge in [-0.25, -0.2) is 4.98 Å². The fraction of sp³-hybridized carbons (Fsp3) is 0.400. The second-order valence-corrected chi connectivity index (χ2v) is 5.98. The van der Waals surface area contributed by atoms with Crippen LogP contribution in [0.15, 0.2) is 24.3 Å². The molecule has 1 aliphatic carbocycles. The number of nitrogens with one attached hydrogen (secondary N) is 2. The van der Waals surface area contributed by atoms with Crippen LogP contribution in [-0.2, 0) is 16.0 Å². The number of hydrogen-bond acceptors (Lipinski definition) is 6. The summed E-state index contributed by atoms with van der Waals surface area (Å²) < 4.78 is 9.28. The molecule has 0 aliphatic heterocycles. The van der Waals surface area contributed by atoms with E-state index in [1.165, 1.54) is 11.5 Å². The first-order chi connectivity index (χ1) is 10.7. The van der Waals surface area contributed by atoms with Gasteiger partial charge in [-0.05, 0) is 31.0 Å². The van der Waals surface area contributed by atoms with Crippen molar-refractivity contribution in [3.8, 4) is 0 Å². The van der Waals surface area contributed by atoms with E-state index in [0.29, 0.717) is 13.0 Å². The van der Waals surface area contributed by atoms with Crippen LogP contribution < -0.4 is 10.6 Å². The van der Waals surface area contributed by atoms with Gasteiger partial charge in [0, 0.05) is 42.4 Å². The van der Waals surface area contributed by atoms with Crippen molar-refractivity contribution in [1.29, 1.82) is 0 Å². The molecule has 2 aromatic rings. The van der Waals surface area contributed by atoms with E-state index in [1.807, 2.05) is 24.3 Å². The van der Waals surface area contributed by atoms with Crippen molar-refractivity contribution in [2.75, 3.05) is 24.4 Å². The summed E-state index contributed by atoms with van der Waals surface area (Å²) in [5.74, 6) is 1.07. The van der Waals surface area contributed by atoms with Gasteiger partial charge in [0.1, 0.15) is 5.82 Å². The zero-order chi connectivity index (χ0) is 15.4. The van der Waals surface area contributed by atoms with Crippen molar-refractivity contribution in [2.45, 2.75) is 19.3 Å². The van der Waals surface area contributed by atoms with Crippen LogP contribution in [0.5, 0.6) is 0 Å². The first kappa shape index (κ1) is 14.9. The third kappa shape index (κ3) is 4.02. The molecule has 0 bridgehead atoms. The number of anilines is 3. The molecule has 0 unspecified atom stereocenters. The van der Waals surface area contributed by atoms with Gasteiger partial charge < -0.3 is 15.4 Å². The molecule has 1 aliphatic rings. The number of nitrogens with zero attached hydrogens (tertiary/aromatic N) is 2. The van der Waals surface area contributed by atoms with E-state index in [9.17, 15) is 4.79 Å². The fourth-order valence-corrected chi connectivity index (χ4v) is 2.62. The Morgan fingerprint density at radius 1 is 1.41 bits per heavy atom. The zero-order valence-corrected chi connectivity index (χ0v) is 13.2. The minimum atomic E-state index is 0.106. The predicted molar refractivity (Wildman–Crippen MR) is 86.6 cm³/mol. The number of amides is 1. The number of carbonyl (C=O) groups excluding carboxylic acids is 1. The standard InChI is InChI=1S/C15H18N4O2S/c1-21-8-7-13-18-15(22-19-13)17-12-4-2-3-11(9-12)16-14(20)10-5-6-10/h2-4,9-10H,5-8H2,1H3,(H,16,20)(H,17,18,19). The maximum atomic E-state index is 11.8. The lowest BCUT2D eigenvalue weighted by molar-refractivity contribution is -0.117. The lowest BCUT2D eigenvalue weighted by atomic mass is 10.2. The molecule has 7 heteroatoms. The topological polar surface area (TPSA) is 76.1 Å². The monoisotopic (exact) mass is 318 g/mol. The Bertz CT molecular complexity index is 654. The number of benzene rings is 1. The molecular weight excluding hydrogens is 300 g/mol. The van der Waals surface area contributed by atoms with Gasteiger partial charge >= 0.3 is 0 Å². The summed E-state index contributed by atoms with van der Waals surface area (Å²) in [6.07, 6.45) is 2.70. The van der Waals surface area contributed by atoms with Crippen LogP contribution in [-0.4, -0.2) is 29.0 Å². The van der Waals surface area contributed by atoms with Gasteiger partial charge in [0.15, 0.2) is 0 Å². The highest BCUT2D eigenvalue weighted by atomic mass is 32.1. The second-order valence-electron chi connectivity index (χ2n) is 5.23. The Kier molecular flexibility index (Phi) is 4.65. The highest BCUT2D eigenvalue weighted by Gasteiger charge is 2.29. The van der Waals surface area contributed by atoms with E-state index in [0.717, 1.165) is 35.2 Å². The third-order valence-corrected chi connectivity index (χ3v) is 4.00. The van der Waals surface area contributed by atoms with Crippen molar-refractivity contribution >= 4 is 33.9 Å². The van der Waals surface area contributed by atoms with Crippen LogP contribution in [0.25, 0.3) is 0 Å². The molecule has 1 saturated carbocycles. The number of rotatable bonds is 7. The summed E-state index contributed by atoms with van der Waals surface area (Å²) in [4.78, 5) is 16.2. The van der Waals surface area contributed by atoms with Gasteiger partial charge in [-0.15, -0.1) is 0 Å². The number of hydrogen-bond donors (Lipinski definition) is 2. The Morgan fingerprint density at radius 2 is 2.23 bits per heavy atom. The normalized spacial score (nSPS) is 13.9. The van der Waals surface area contributed by atoms with Gasteiger partial charge in [-0.3, -0.25) is 4.79 Å². The van der Waals surface area contributed by atoms with E-state index < -0.39 is 0 Å². The molecule has 1 aromatic heterocycles. The summed E-state index contributed by atoms with van der Waals surface area (Å²) in [7, 11) is 1.66. The maximum Gasteiger partial charge on any atom is 0.227 e. The molecular formula is C15H18N4O2S. The summed E-state index contributed by atoms with van der Waals surface area (Å²) >= 11 is 1.31. The molecule has 0 saturated heterocycles. The van der Waals surface area contributed by atoms with Crippen LogP contribution in [0.3, 0.4) is 0 Å². The molecule has 22 heavy (non-hydrogen) atoms. The maximum absolute atomic E-state index is 11.8. The second kappa shape index (κ2) is 6.85. The van der Waals surface area contributed by atoms with Gasteiger partial charge in [0.2, 0.25) is 11.0 Å². The Balaban J connectivity index is 1.61. The number of aromatic nitrogens is 2. The Labute approximate surface area is 133 Å². The Morgan fingerprint density at radius 3 is 3.00 bits per heavy atom. The molecule has 2 N–H and O–H groups in total. The van der Waals surface area contributed by atoms with Crippen LogP contribution >= 0.6 is 11.5 Å². The average molecular weight is 318 g/mol. The summed E-state index contributed by atoms with van der Waals surface area (Å²) in [6, 6.07) is 7.62. The van der Waals surface area contributed by atoms with Crippen molar-refractivity contribution in [3.05, 3.63) is 30.1 Å². The van der Waals surface area contributed by atoms with Crippen molar-refractivity contribution in [3.63, 3.8) is 0 Å². The van der Waals surface area contributed by atoms with Gasteiger partial charge in [-0.2, -0.15) is 4.37 Å². The lowest BCUT2D eigenvalue weighted by Gasteiger charge is -2.07. The van der Waals surface area contributed by atoms with Crippen molar-refractivity contribution < 1.29 is 9.53 Å². The highest BCUT2D eigenvalue weighted by Crippen LogP contribution is 2.30. The minimum absolute atomic E-state index is 0.106.